The number of halogens is 2. The molecule has 0 saturated carbocycles. The lowest BCUT2D eigenvalue weighted by atomic mass is 10.1. The molecule has 0 spiro atoms. The number of ether oxygens (including phenoxy) is 1. The fourth-order valence-electron chi connectivity index (χ4n) is 4.49. The van der Waals surface area contributed by atoms with E-state index in [1.54, 1.807) is 37.7 Å². The summed E-state index contributed by atoms with van der Waals surface area (Å²) < 4.78 is 6.09. The van der Waals surface area contributed by atoms with E-state index in [4.69, 9.17) is 27.9 Å². The second kappa shape index (κ2) is 14.7. The molecule has 0 fully saturated rings. The Hall–Kier alpha value is -4.98. The molecule has 0 atom stereocenters. The van der Waals surface area contributed by atoms with Crippen LogP contribution in [0.3, 0.4) is 0 Å². The van der Waals surface area contributed by atoms with Crippen molar-refractivity contribution in [2.45, 2.75) is 13.5 Å². The number of nitrogens with zero attached hydrogens (tertiary/aromatic N) is 3. The molecule has 3 aromatic carbocycles. The van der Waals surface area contributed by atoms with Gasteiger partial charge in [-0.2, -0.15) is 0 Å². The molecule has 5 rings (SSSR count). The molecule has 1 N–H and O–H groups in total. The van der Waals surface area contributed by atoms with Crippen molar-refractivity contribution in [3.05, 3.63) is 135 Å². The maximum atomic E-state index is 13.0. The Morgan fingerprint density at radius 1 is 0.867 bits per heavy atom. The Bertz CT molecular complexity index is 1890. The number of carbonyl (C=O) groups excluding carboxylic acids is 2. The van der Waals surface area contributed by atoms with Crippen LogP contribution in [0, 0.1) is 6.92 Å². The summed E-state index contributed by atoms with van der Waals surface area (Å²) in [5.74, 6) is -0.150. The summed E-state index contributed by atoms with van der Waals surface area (Å²) in [5, 5.41) is 4.28. The number of anilines is 1. The van der Waals surface area contributed by atoms with Gasteiger partial charge < -0.3 is 15.0 Å². The zero-order valence-electron chi connectivity index (χ0n) is 24.7. The van der Waals surface area contributed by atoms with Crippen LogP contribution in [0.5, 0.6) is 5.75 Å². The molecule has 0 aliphatic heterocycles. The van der Waals surface area contributed by atoms with Crippen LogP contribution in [0.1, 0.15) is 27.9 Å². The van der Waals surface area contributed by atoms with Gasteiger partial charge in [0.25, 0.3) is 0 Å². The normalized spacial score (nSPS) is 11.3. The fraction of sp³-hybridized carbons (Fsp3) is 0.111. The molecule has 2 aromatic heterocycles. The third kappa shape index (κ3) is 8.15. The van der Waals surface area contributed by atoms with Gasteiger partial charge in [-0.1, -0.05) is 77.8 Å². The standard InChI is InChI=1S/C36H30Cl2N4O3/c1-24-6-14-28-4-3-5-32(36(28)41-24)45-23-29-30(37)15-16-31(35(29)38)42(2)34(44)22-40-33(43)17-13-26-9-7-25(8-10-26)11-12-27-18-20-39-21-19-27/h3-21H,22-23H2,1-2H3,(H,40,43). The molecule has 0 aliphatic rings. The van der Waals surface area contributed by atoms with E-state index in [0.717, 1.165) is 33.3 Å². The number of aryl methyl sites for hydroxylation is 1. The first-order valence-electron chi connectivity index (χ1n) is 14.1. The van der Waals surface area contributed by atoms with Crippen LogP contribution in [-0.2, 0) is 16.2 Å². The van der Waals surface area contributed by atoms with E-state index in [-0.39, 0.29) is 24.1 Å². The second-order valence-corrected chi connectivity index (χ2v) is 11.0. The number of rotatable bonds is 10. The molecule has 7 nitrogen and oxygen atoms in total. The highest BCUT2D eigenvalue weighted by Gasteiger charge is 2.19. The van der Waals surface area contributed by atoms with Crippen LogP contribution in [-0.4, -0.2) is 35.4 Å². The summed E-state index contributed by atoms with van der Waals surface area (Å²) in [6.45, 7) is 1.78. The minimum atomic E-state index is -0.395. The molecular formula is C36H30Cl2N4O3. The second-order valence-electron chi connectivity index (χ2n) is 10.2. The van der Waals surface area contributed by atoms with Crippen molar-refractivity contribution in [2.24, 2.45) is 0 Å². The van der Waals surface area contributed by atoms with Gasteiger partial charge in [-0.05, 0) is 66.1 Å². The summed E-state index contributed by atoms with van der Waals surface area (Å²) >= 11 is 13.2. The van der Waals surface area contributed by atoms with E-state index < -0.39 is 5.91 Å². The molecule has 226 valence electrons. The van der Waals surface area contributed by atoms with E-state index in [9.17, 15) is 9.59 Å². The van der Waals surface area contributed by atoms with Gasteiger partial charge in [0.05, 0.1) is 17.3 Å². The van der Waals surface area contributed by atoms with Gasteiger partial charge >= 0.3 is 0 Å². The maximum absolute atomic E-state index is 13.0. The van der Waals surface area contributed by atoms with Crippen LogP contribution >= 0.6 is 23.2 Å². The largest absolute Gasteiger partial charge is 0.487 e. The zero-order valence-corrected chi connectivity index (χ0v) is 26.2. The lowest BCUT2D eigenvalue weighted by Gasteiger charge is -2.21. The molecule has 0 saturated heterocycles. The number of fused-ring (bicyclic) bond motifs is 1. The third-order valence-corrected chi connectivity index (χ3v) is 7.82. The maximum Gasteiger partial charge on any atom is 0.246 e. The monoisotopic (exact) mass is 636 g/mol. The van der Waals surface area contributed by atoms with Crippen LogP contribution < -0.4 is 15.0 Å². The highest BCUT2D eigenvalue weighted by molar-refractivity contribution is 6.38. The van der Waals surface area contributed by atoms with Crippen molar-refractivity contribution in [1.82, 2.24) is 15.3 Å². The van der Waals surface area contributed by atoms with Gasteiger partial charge in [-0.15, -0.1) is 0 Å². The molecule has 45 heavy (non-hydrogen) atoms. The van der Waals surface area contributed by atoms with Crippen LogP contribution in [0.25, 0.3) is 29.1 Å². The Morgan fingerprint density at radius 2 is 1.56 bits per heavy atom. The number of benzene rings is 3. The lowest BCUT2D eigenvalue weighted by molar-refractivity contribution is -0.122. The first-order chi connectivity index (χ1) is 21.8. The first kappa shape index (κ1) is 31.4. The average Bonchev–Trinajstić information content (AvgIpc) is 3.06. The fourth-order valence-corrected chi connectivity index (χ4v) is 5.10. The quantitative estimate of drug-likeness (QED) is 0.158. The van der Waals surface area contributed by atoms with Crippen molar-refractivity contribution < 1.29 is 14.3 Å². The lowest BCUT2D eigenvalue weighted by Crippen LogP contribution is -2.37. The Balaban J connectivity index is 1.17. The van der Waals surface area contributed by atoms with Gasteiger partial charge in [0.1, 0.15) is 17.9 Å². The predicted octanol–water partition coefficient (Wildman–Crippen LogP) is 7.79. The van der Waals surface area contributed by atoms with Gasteiger partial charge in [0.15, 0.2) is 0 Å². The minimum Gasteiger partial charge on any atom is -0.487 e. The number of pyridine rings is 2. The van der Waals surface area contributed by atoms with E-state index in [1.165, 1.54) is 11.0 Å². The topological polar surface area (TPSA) is 84.4 Å². The number of hydrogen-bond acceptors (Lipinski definition) is 5. The number of likely N-dealkylation sites (N-methyl/N-ethyl adjacent to an activating group) is 1. The summed E-state index contributed by atoms with van der Waals surface area (Å²) in [5.41, 5.74) is 5.53. The number of hydrogen-bond donors (Lipinski definition) is 1. The number of nitrogens with one attached hydrogen (secondary N) is 1. The number of para-hydroxylation sites is 1. The van der Waals surface area contributed by atoms with E-state index in [2.05, 4.69) is 15.3 Å². The minimum absolute atomic E-state index is 0.0752. The van der Waals surface area contributed by atoms with Crippen LogP contribution in [0.2, 0.25) is 10.0 Å². The SMILES string of the molecule is Cc1ccc2cccc(OCc3c(Cl)ccc(N(C)C(=O)CNC(=O)C=Cc4ccc(C=Cc5ccncc5)cc4)c3Cl)c2n1. The van der Waals surface area contributed by atoms with E-state index in [1.807, 2.05) is 85.8 Å². The first-order valence-corrected chi connectivity index (χ1v) is 14.9. The highest BCUT2D eigenvalue weighted by atomic mass is 35.5. The molecular weight excluding hydrogens is 607 g/mol. The summed E-state index contributed by atoms with van der Waals surface area (Å²) in [6, 6.07) is 24.6. The van der Waals surface area contributed by atoms with Crippen molar-refractivity contribution in [3.63, 3.8) is 0 Å². The van der Waals surface area contributed by atoms with E-state index in [0.29, 0.717) is 22.0 Å². The number of aromatic nitrogens is 2. The summed E-state index contributed by atoms with van der Waals surface area (Å²) in [6.07, 6.45) is 10.6. The average molecular weight is 638 g/mol. The van der Waals surface area contributed by atoms with Gasteiger partial charge in [0.2, 0.25) is 11.8 Å². The molecule has 5 aromatic rings. The zero-order chi connectivity index (χ0) is 31.8. The summed E-state index contributed by atoms with van der Waals surface area (Å²) in [7, 11) is 1.59. The molecule has 0 bridgehead atoms. The molecule has 0 radical (unpaired) electrons. The third-order valence-electron chi connectivity index (χ3n) is 7.05. The van der Waals surface area contributed by atoms with Crippen molar-refractivity contribution >= 4 is 69.8 Å². The van der Waals surface area contributed by atoms with Crippen molar-refractivity contribution in [2.75, 3.05) is 18.5 Å². The van der Waals surface area contributed by atoms with Crippen molar-refractivity contribution in [3.8, 4) is 5.75 Å². The van der Waals surface area contributed by atoms with Crippen molar-refractivity contribution in [1.29, 1.82) is 0 Å². The summed E-state index contributed by atoms with van der Waals surface area (Å²) in [4.78, 5) is 35.4. The Morgan fingerprint density at radius 3 is 2.29 bits per heavy atom. The molecule has 9 heteroatoms. The number of amides is 2. The van der Waals surface area contributed by atoms with Crippen LogP contribution in [0.15, 0.2) is 97.3 Å². The van der Waals surface area contributed by atoms with Gasteiger partial charge in [-0.25, -0.2) is 4.98 Å². The smallest absolute Gasteiger partial charge is 0.246 e. The number of carbonyl (C=O) groups is 2. The van der Waals surface area contributed by atoms with Gasteiger partial charge in [-0.3, -0.25) is 14.6 Å². The van der Waals surface area contributed by atoms with Crippen LogP contribution in [0.4, 0.5) is 5.69 Å². The van der Waals surface area contributed by atoms with E-state index >= 15 is 0 Å². The predicted molar refractivity (Wildman–Crippen MR) is 182 cm³/mol. The molecule has 2 amide bonds. The molecule has 0 unspecified atom stereocenters. The van der Waals surface area contributed by atoms with Gasteiger partial charge in [0, 0.05) is 47.2 Å². The Kier molecular flexibility index (Phi) is 10.2. The highest BCUT2D eigenvalue weighted by Crippen LogP contribution is 2.35. The molecule has 0 aliphatic carbocycles. The Labute approximate surface area is 271 Å². The molecule has 2 heterocycles.